The first-order valence-electron chi connectivity index (χ1n) is 13.9. The summed E-state index contributed by atoms with van der Waals surface area (Å²) in [4.78, 5) is 27.0. The molecule has 0 unspecified atom stereocenters. The zero-order valence-electron chi connectivity index (χ0n) is 24.8. The van der Waals surface area contributed by atoms with Crippen molar-refractivity contribution in [1.29, 1.82) is 0 Å². The zero-order valence-corrected chi connectivity index (χ0v) is 24.8. The van der Waals surface area contributed by atoms with Crippen molar-refractivity contribution >= 4 is 11.6 Å². The summed E-state index contributed by atoms with van der Waals surface area (Å²) in [6.45, 7) is -1.42. The van der Waals surface area contributed by atoms with Crippen molar-refractivity contribution in [3.05, 3.63) is 41.5 Å². The highest BCUT2D eigenvalue weighted by atomic mass is 16.7. The van der Waals surface area contributed by atoms with Gasteiger partial charge in [-0.15, -0.1) is 0 Å². The first-order chi connectivity index (χ1) is 21.9. The van der Waals surface area contributed by atoms with Crippen LogP contribution in [-0.2, 0) is 9.47 Å². The number of ketones is 2. The first kappa shape index (κ1) is 35.2. The van der Waals surface area contributed by atoms with Crippen molar-refractivity contribution in [1.82, 2.24) is 0 Å². The third-order valence-electron chi connectivity index (χ3n) is 7.48. The van der Waals surface area contributed by atoms with Gasteiger partial charge >= 0.3 is 0 Å². The smallest absolute Gasteiger partial charge is 0.233 e. The maximum Gasteiger partial charge on any atom is 0.233 e. The van der Waals surface area contributed by atoms with Crippen molar-refractivity contribution in [2.45, 2.75) is 61.4 Å². The van der Waals surface area contributed by atoms with Crippen LogP contribution in [0.25, 0.3) is 0 Å². The molecular weight excluding hydrogens is 620 g/mol. The highest BCUT2D eigenvalue weighted by Crippen LogP contribution is 2.40. The first-order valence-corrected chi connectivity index (χ1v) is 13.9. The molecule has 0 aliphatic carbocycles. The molecule has 10 atom stereocenters. The lowest BCUT2D eigenvalue weighted by Crippen LogP contribution is -2.60. The Hall–Kier alpha value is -3.62. The van der Waals surface area contributed by atoms with Crippen LogP contribution in [0.15, 0.2) is 30.3 Å². The minimum Gasteiger partial charge on any atom is -0.497 e. The van der Waals surface area contributed by atoms with E-state index in [9.17, 15) is 50.4 Å². The predicted octanol–water partition coefficient (Wildman–Crippen LogP) is -2.86. The van der Waals surface area contributed by atoms with Gasteiger partial charge in [-0.3, -0.25) is 9.59 Å². The summed E-state index contributed by atoms with van der Waals surface area (Å²) in [5, 5.41) is 80.0. The molecule has 4 rings (SSSR count). The molecule has 0 aromatic heterocycles. The van der Waals surface area contributed by atoms with E-state index in [1.807, 2.05) is 0 Å². The molecule has 8 N–H and O–H groups in total. The summed E-state index contributed by atoms with van der Waals surface area (Å²) in [6, 6.07) is 5.94. The maximum atomic E-state index is 13.5. The van der Waals surface area contributed by atoms with E-state index in [2.05, 4.69) is 0 Å². The van der Waals surface area contributed by atoms with Gasteiger partial charge in [0.25, 0.3) is 0 Å². The minimum absolute atomic E-state index is 0.0530. The van der Waals surface area contributed by atoms with Gasteiger partial charge in [-0.1, -0.05) is 0 Å². The molecule has 0 spiro atoms. The molecule has 2 aromatic rings. The van der Waals surface area contributed by atoms with Crippen LogP contribution in [0.4, 0.5) is 0 Å². The van der Waals surface area contributed by atoms with E-state index >= 15 is 0 Å². The van der Waals surface area contributed by atoms with Crippen LogP contribution < -0.4 is 23.7 Å². The zero-order chi connectivity index (χ0) is 33.9. The number of hydrogen-bond donors (Lipinski definition) is 8. The monoisotopic (exact) mass is 656 g/mol. The number of ether oxygens (including phenoxy) is 7. The third-order valence-corrected chi connectivity index (χ3v) is 7.48. The van der Waals surface area contributed by atoms with E-state index in [0.29, 0.717) is 0 Å². The van der Waals surface area contributed by atoms with Gasteiger partial charge in [-0.05, 0) is 24.3 Å². The molecule has 2 heterocycles. The molecule has 17 heteroatoms. The van der Waals surface area contributed by atoms with E-state index in [1.54, 1.807) is 0 Å². The van der Waals surface area contributed by atoms with Gasteiger partial charge in [-0.25, -0.2) is 0 Å². The quantitative estimate of drug-likeness (QED) is 0.0843. The number of carbonyl (C=O) groups excluding carboxylic acids is 2. The Balaban J connectivity index is 1.64. The number of Topliss-reactive ketones (excluding diaryl/α,β-unsaturated/α-hetero) is 2. The van der Waals surface area contributed by atoms with Gasteiger partial charge in [-0.2, -0.15) is 0 Å². The fraction of sp³-hybridized carbons (Fsp3) is 0.517. The summed E-state index contributed by atoms with van der Waals surface area (Å²) in [7, 11) is 3.77. The molecule has 46 heavy (non-hydrogen) atoms. The van der Waals surface area contributed by atoms with Crippen LogP contribution in [0.5, 0.6) is 28.7 Å². The Morgan fingerprint density at radius 3 is 1.54 bits per heavy atom. The van der Waals surface area contributed by atoms with E-state index in [1.165, 1.54) is 39.5 Å². The fourth-order valence-corrected chi connectivity index (χ4v) is 4.89. The van der Waals surface area contributed by atoms with Gasteiger partial charge in [0.05, 0.1) is 34.5 Å². The van der Waals surface area contributed by atoms with Crippen LogP contribution >= 0.6 is 0 Å². The number of carbonyl (C=O) groups is 2. The van der Waals surface area contributed by atoms with Crippen molar-refractivity contribution in [3.63, 3.8) is 0 Å². The van der Waals surface area contributed by atoms with Crippen LogP contribution in [-0.4, -0.2) is 148 Å². The normalized spacial score (nSPS) is 31.1. The summed E-state index contributed by atoms with van der Waals surface area (Å²) in [5.74, 6) is -2.68. The van der Waals surface area contributed by atoms with Gasteiger partial charge in [0.1, 0.15) is 60.3 Å². The highest BCUT2D eigenvalue weighted by molar-refractivity contribution is 6.49. The lowest BCUT2D eigenvalue weighted by atomic mass is 9.99. The largest absolute Gasteiger partial charge is 0.497 e. The van der Waals surface area contributed by atoms with Crippen molar-refractivity contribution < 1.29 is 83.6 Å². The number of benzene rings is 2. The molecule has 254 valence electrons. The fourth-order valence-electron chi connectivity index (χ4n) is 4.89. The average Bonchev–Trinajstić information content (AvgIpc) is 3.07. The molecule has 0 bridgehead atoms. The Morgan fingerprint density at radius 1 is 0.587 bits per heavy atom. The molecule has 2 fully saturated rings. The van der Waals surface area contributed by atoms with E-state index < -0.39 is 86.2 Å². The highest BCUT2D eigenvalue weighted by Gasteiger charge is 2.46. The number of methoxy groups -OCH3 is 3. The summed E-state index contributed by atoms with van der Waals surface area (Å²) in [6.07, 6.45) is -16.1. The Morgan fingerprint density at radius 2 is 1.07 bits per heavy atom. The van der Waals surface area contributed by atoms with Crippen molar-refractivity contribution in [2.75, 3.05) is 34.5 Å². The van der Waals surface area contributed by atoms with Gasteiger partial charge in [0, 0.05) is 17.2 Å². The summed E-state index contributed by atoms with van der Waals surface area (Å²) < 4.78 is 37.9. The van der Waals surface area contributed by atoms with E-state index in [-0.39, 0.29) is 39.9 Å². The standard InChI is InChI=1S/C29H36O17/c1-40-13-4-11(5-14(8-13)43-28-25(38)23(36)21(34)17(9-30)45-28)19(32)20(33)12-6-15(41-2)27(42-3)16(7-12)44-29-26(39)24(37)22(35)18(10-31)46-29/h4-8,17-18,21-26,28-31,34-39H,9-10H2,1-3H3/t17-,18-,21-,22-,23+,24+,25-,26-,28-,29-/m1/s1. The number of aliphatic hydroxyl groups is 8. The number of hydrogen-bond acceptors (Lipinski definition) is 17. The van der Waals surface area contributed by atoms with E-state index in [0.717, 1.165) is 12.1 Å². The summed E-state index contributed by atoms with van der Waals surface area (Å²) >= 11 is 0. The number of aliphatic hydroxyl groups excluding tert-OH is 8. The molecule has 0 radical (unpaired) electrons. The van der Waals surface area contributed by atoms with Crippen LogP contribution in [0, 0.1) is 0 Å². The molecule has 2 aromatic carbocycles. The number of rotatable bonds is 12. The average molecular weight is 657 g/mol. The van der Waals surface area contributed by atoms with Crippen LogP contribution in [0.1, 0.15) is 20.7 Å². The molecule has 0 amide bonds. The van der Waals surface area contributed by atoms with Gasteiger partial charge in [0.15, 0.2) is 11.5 Å². The molecular formula is C29H36O17. The van der Waals surface area contributed by atoms with Gasteiger partial charge < -0.3 is 74.0 Å². The minimum atomic E-state index is -1.80. The lowest BCUT2D eigenvalue weighted by Gasteiger charge is -2.39. The Bertz CT molecular complexity index is 1380. The van der Waals surface area contributed by atoms with Crippen LogP contribution in [0.3, 0.4) is 0 Å². The topological polar surface area (TPSA) is 261 Å². The second-order valence-electron chi connectivity index (χ2n) is 10.4. The second-order valence-corrected chi connectivity index (χ2v) is 10.4. The summed E-state index contributed by atoms with van der Waals surface area (Å²) in [5.41, 5.74) is -0.517. The lowest BCUT2D eigenvalue weighted by molar-refractivity contribution is -0.277. The van der Waals surface area contributed by atoms with Crippen LogP contribution in [0.2, 0.25) is 0 Å². The van der Waals surface area contributed by atoms with Crippen molar-refractivity contribution in [2.24, 2.45) is 0 Å². The van der Waals surface area contributed by atoms with Gasteiger partial charge in [0.2, 0.25) is 29.9 Å². The van der Waals surface area contributed by atoms with Crippen molar-refractivity contribution in [3.8, 4) is 28.7 Å². The Labute approximate surface area is 261 Å². The molecule has 2 saturated heterocycles. The predicted molar refractivity (Wildman–Crippen MR) is 150 cm³/mol. The Kier molecular flexibility index (Phi) is 11.4. The molecule has 2 aliphatic heterocycles. The molecule has 17 nitrogen and oxygen atoms in total. The molecule has 0 saturated carbocycles. The SMILES string of the molecule is COc1cc(O[C@@H]2O[C@H](CO)[C@@H](O)[C@H](O)[C@H]2O)cc(C(=O)C(=O)c2cc(OC)c(OC)c(O[C@@H]3O[C@H](CO)[C@@H](O)[C@H](O)[C@H]3O)c2)c1. The maximum absolute atomic E-state index is 13.5. The van der Waals surface area contributed by atoms with E-state index in [4.69, 9.17) is 33.2 Å². The third kappa shape index (κ3) is 7.03. The second kappa shape index (κ2) is 14.9. The molecule has 2 aliphatic rings.